The zero-order chi connectivity index (χ0) is 13.2. The number of benzene rings is 1. The van der Waals surface area contributed by atoms with Crippen molar-refractivity contribution in [1.29, 1.82) is 0 Å². The molecule has 1 nitrogen and oxygen atoms in total. The summed E-state index contributed by atoms with van der Waals surface area (Å²) < 4.78 is 36.5. The fourth-order valence-electron chi connectivity index (χ4n) is 2.46. The van der Waals surface area contributed by atoms with Crippen molar-refractivity contribution in [3.63, 3.8) is 0 Å². The van der Waals surface area contributed by atoms with Crippen LogP contribution in [0.5, 0.6) is 0 Å². The number of hydrogen-bond donors (Lipinski definition) is 1. The molecule has 0 atom stereocenters. The first-order chi connectivity index (χ1) is 8.43. The van der Waals surface area contributed by atoms with Crippen molar-refractivity contribution in [2.75, 3.05) is 18.8 Å². The van der Waals surface area contributed by atoms with Crippen molar-refractivity contribution in [3.05, 3.63) is 35.4 Å². The zero-order valence-corrected chi connectivity index (χ0v) is 11.0. The normalized spacial score (nSPS) is 18.4. The highest BCUT2D eigenvalue weighted by atomic mass is 32.2. The molecule has 0 saturated carbocycles. The molecule has 0 aliphatic carbocycles. The minimum atomic E-state index is -4.12. The summed E-state index contributed by atoms with van der Waals surface area (Å²) in [4.78, 5) is 0. The number of aryl methyl sites for hydroxylation is 1. The van der Waals surface area contributed by atoms with E-state index in [0.717, 1.165) is 18.7 Å². The van der Waals surface area contributed by atoms with Gasteiger partial charge in [0.2, 0.25) is 0 Å². The van der Waals surface area contributed by atoms with Gasteiger partial charge >= 0.3 is 5.51 Å². The molecule has 1 saturated heterocycles. The molecule has 1 aliphatic heterocycles. The van der Waals surface area contributed by atoms with E-state index in [1.165, 1.54) is 5.56 Å². The Labute approximate surface area is 109 Å². The van der Waals surface area contributed by atoms with Gasteiger partial charge in [0, 0.05) is 24.3 Å². The summed E-state index contributed by atoms with van der Waals surface area (Å²) in [5.74, 6) is 0.125. The molecule has 0 bridgehead atoms. The lowest BCUT2D eigenvalue weighted by atomic mass is 9.71. The molecular formula is C13H16F3NS. The van der Waals surface area contributed by atoms with Crippen LogP contribution in [0.25, 0.3) is 0 Å². The van der Waals surface area contributed by atoms with Gasteiger partial charge in [-0.1, -0.05) is 36.0 Å². The van der Waals surface area contributed by atoms with Crippen LogP contribution < -0.4 is 5.32 Å². The van der Waals surface area contributed by atoms with Crippen LogP contribution in [0, 0.1) is 6.92 Å². The van der Waals surface area contributed by atoms with Gasteiger partial charge in [0.1, 0.15) is 0 Å². The van der Waals surface area contributed by atoms with Gasteiger partial charge in [-0.3, -0.25) is 0 Å². The predicted octanol–water partition coefficient (Wildman–Crippen LogP) is 3.48. The van der Waals surface area contributed by atoms with Gasteiger partial charge in [0.15, 0.2) is 0 Å². The van der Waals surface area contributed by atoms with Crippen LogP contribution in [0.15, 0.2) is 24.3 Å². The van der Waals surface area contributed by atoms with E-state index in [-0.39, 0.29) is 22.9 Å². The monoisotopic (exact) mass is 275 g/mol. The third kappa shape index (κ3) is 3.01. The molecule has 1 fully saturated rings. The molecule has 1 aromatic carbocycles. The lowest BCUT2D eigenvalue weighted by molar-refractivity contribution is -0.0329. The second kappa shape index (κ2) is 5.13. The van der Waals surface area contributed by atoms with E-state index in [0.29, 0.717) is 6.42 Å². The van der Waals surface area contributed by atoms with Gasteiger partial charge in [0.25, 0.3) is 0 Å². The first kappa shape index (κ1) is 13.7. The SMILES string of the molecule is Cc1ccccc1C1(CCSC(F)(F)F)CNC1. The number of thioether (sulfide) groups is 1. The van der Waals surface area contributed by atoms with Crippen LogP contribution in [-0.2, 0) is 5.41 Å². The average molecular weight is 275 g/mol. The average Bonchev–Trinajstić information content (AvgIpc) is 2.22. The number of rotatable bonds is 4. The predicted molar refractivity (Wildman–Crippen MR) is 68.9 cm³/mol. The molecule has 1 aliphatic rings. The Morgan fingerprint density at radius 2 is 1.94 bits per heavy atom. The van der Waals surface area contributed by atoms with Crippen molar-refractivity contribution in [2.45, 2.75) is 24.3 Å². The fourth-order valence-corrected chi connectivity index (χ4v) is 3.18. The standard InChI is InChI=1S/C13H16F3NS/c1-10-4-2-3-5-11(10)12(8-17-9-12)6-7-18-13(14,15)16/h2-5,17H,6-9H2,1H3. The molecule has 18 heavy (non-hydrogen) atoms. The highest BCUT2D eigenvalue weighted by Gasteiger charge is 2.40. The molecule has 100 valence electrons. The Bertz CT molecular complexity index is 413. The first-order valence-corrected chi connectivity index (χ1v) is 6.89. The Kier molecular flexibility index (Phi) is 3.92. The second-order valence-electron chi connectivity index (χ2n) is 4.74. The highest BCUT2D eigenvalue weighted by molar-refractivity contribution is 8.00. The fraction of sp³-hybridized carbons (Fsp3) is 0.538. The van der Waals surface area contributed by atoms with E-state index in [4.69, 9.17) is 0 Å². The summed E-state index contributed by atoms with van der Waals surface area (Å²) >= 11 is 0.0824. The molecular weight excluding hydrogens is 259 g/mol. The lowest BCUT2D eigenvalue weighted by Crippen LogP contribution is -2.57. The summed E-state index contributed by atoms with van der Waals surface area (Å²) in [6, 6.07) is 7.98. The van der Waals surface area contributed by atoms with E-state index in [9.17, 15) is 13.2 Å². The molecule has 1 aromatic rings. The topological polar surface area (TPSA) is 12.0 Å². The van der Waals surface area contributed by atoms with Crippen LogP contribution in [0.4, 0.5) is 13.2 Å². The van der Waals surface area contributed by atoms with E-state index >= 15 is 0 Å². The van der Waals surface area contributed by atoms with Gasteiger partial charge in [-0.25, -0.2) is 0 Å². The van der Waals surface area contributed by atoms with Crippen molar-refractivity contribution in [2.24, 2.45) is 0 Å². The number of alkyl halides is 3. The highest BCUT2D eigenvalue weighted by Crippen LogP contribution is 2.38. The maximum atomic E-state index is 12.2. The minimum absolute atomic E-state index is 0.0824. The van der Waals surface area contributed by atoms with Crippen LogP contribution in [0.3, 0.4) is 0 Å². The maximum absolute atomic E-state index is 12.2. The van der Waals surface area contributed by atoms with E-state index in [1.807, 2.05) is 31.2 Å². The van der Waals surface area contributed by atoms with Crippen LogP contribution in [0.2, 0.25) is 0 Å². The summed E-state index contributed by atoms with van der Waals surface area (Å²) in [6.07, 6.45) is 0.565. The molecule has 0 unspecified atom stereocenters. The van der Waals surface area contributed by atoms with Gasteiger partial charge < -0.3 is 5.32 Å². The van der Waals surface area contributed by atoms with Gasteiger partial charge in [-0.15, -0.1) is 0 Å². The minimum Gasteiger partial charge on any atom is -0.315 e. The summed E-state index contributed by atoms with van der Waals surface area (Å²) in [7, 11) is 0. The number of nitrogens with one attached hydrogen (secondary N) is 1. The molecule has 0 radical (unpaired) electrons. The second-order valence-corrected chi connectivity index (χ2v) is 5.90. The third-order valence-electron chi connectivity index (χ3n) is 3.49. The molecule has 5 heteroatoms. The Morgan fingerprint density at radius 3 is 2.44 bits per heavy atom. The molecule has 0 spiro atoms. The molecule has 0 aromatic heterocycles. The largest absolute Gasteiger partial charge is 0.441 e. The summed E-state index contributed by atoms with van der Waals surface area (Å²) in [5.41, 5.74) is -1.88. The van der Waals surface area contributed by atoms with Crippen LogP contribution in [0.1, 0.15) is 17.5 Å². The quantitative estimate of drug-likeness (QED) is 0.903. The smallest absolute Gasteiger partial charge is 0.315 e. The number of halogens is 3. The maximum Gasteiger partial charge on any atom is 0.441 e. The number of hydrogen-bond acceptors (Lipinski definition) is 2. The van der Waals surface area contributed by atoms with Gasteiger partial charge in [0.05, 0.1) is 0 Å². The van der Waals surface area contributed by atoms with E-state index in [2.05, 4.69) is 5.32 Å². The zero-order valence-electron chi connectivity index (χ0n) is 10.2. The van der Waals surface area contributed by atoms with Crippen molar-refractivity contribution in [3.8, 4) is 0 Å². The van der Waals surface area contributed by atoms with Crippen LogP contribution >= 0.6 is 11.8 Å². The molecule has 1 heterocycles. The van der Waals surface area contributed by atoms with E-state index < -0.39 is 5.51 Å². The lowest BCUT2D eigenvalue weighted by Gasteiger charge is -2.44. The summed E-state index contributed by atoms with van der Waals surface area (Å²) in [6.45, 7) is 3.57. The van der Waals surface area contributed by atoms with Crippen molar-refractivity contribution >= 4 is 11.8 Å². The Morgan fingerprint density at radius 1 is 1.28 bits per heavy atom. The van der Waals surface area contributed by atoms with Crippen molar-refractivity contribution in [1.82, 2.24) is 5.32 Å². The first-order valence-electron chi connectivity index (χ1n) is 5.90. The van der Waals surface area contributed by atoms with Gasteiger partial charge in [-0.05, 0) is 24.5 Å². The van der Waals surface area contributed by atoms with E-state index in [1.54, 1.807) is 0 Å². The Balaban J connectivity index is 2.05. The van der Waals surface area contributed by atoms with Crippen molar-refractivity contribution < 1.29 is 13.2 Å². The van der Waals surface area contributed by atoms with Crippen LogP contribution in [-0.4, -0.2) is 24.4 Å². The molecule has 1 N–H and O–H groups in total. The van der Waals surface area contributed by atoms with Gasteiger partial charge in [-0.2, -0.15) is 13.2 Å². The Hall–Kier alpha value is -0.680. The summed E-state index contributed by atoms with van der Waals surface area (Å²) in [5, 5.41) is 3.18. The molecule has 2 rings (SSSR count). The molecule has 0 amide bonds. The third-order valence-corrected chi connectivity index (χ3v) is 4.23.